The molecule has 2 atom stereocenters. The molecular weight excluding hydrogens is 287 g/mol. The van der Waals surface area contributed by atoms with Gasteiger partial charge >= 0.3 is 11.8 Å². The molecule has 1 aliphatic carbocycles. The molecule has 2 amide bonds. The number of rotatable bonds is 4. The van der Waals surface area contributed by atoms with E-state index in [9.17, 15) is 19.1 Å². The maximum atomic E-state index is 12.8. The van der Waals surface area contributed by atoms with Crippen LogP contribution in [0.2, 0.25) is 0 Å². The largest absolute Gasteiger partial charge is 0.393 e. The van der Waals surface area contributed by atoms with E-state index in [1.807, 2.05) is 0 Å². The first-order valence-electron chi connectivity index (χ1n) is 7.43. The highest BCUT2D eigenvalue weighted by atomic mass is 19.1. The molecule has 0 aromatic heterocycles. The monoisotopic (exact) mass is 308 g/mol. The fourth-order valence-corrected chi connectivity index (χ4v) is 2.70. The Hall–Kier alpha value is -1.95. The van der Waals surface area contributed by atoms with E-state index in [1.54, 1.807) is 19.2 Å². The SMILES string of the molecule is CN(CC1CCCC1O)C(=O)C(=O)NCc1ccc(F)cc1. The Morgan fingerprint density at radius 3 is 2.59 bits per heavy atom. The molecule has 1 saturated carbocycles. The van der Waals surface area contributed by atoms with Gasteiger partial charge in [-0.1, -0.05) is 18.6 Å². The molecule has 120 valence electrons. The van der Waals surface area contributed by atoms with Crippen molar-refractivity contribution < 1.29 is 19.1 Å². The number of hydrogen-bond donors (Lipinski definition) is 2. The molecule has 2 rings (SSSR count). The Kier molecular flexibility index (Phi) is 5.49. The number of likely N-dealkylation sites (N-methyl/N-ethyl adjacent to an activating group) is 1. The first kappa shape index (κ1) is 16.4. The summed E-state index contributed by atoms with van der Waals surface area (Å²) in [5, 5.41) is 12.3. The van der Waals surface area contributed by atoms with Crippen LogP contribution in [0.4, 0.5) is 4.39 Å². The Balaban J connectivity index is 1.80. The molecule has 0 aliphatic heterocycles. The van der Waals surface area contributed by atoms with Crippen LogP contribution >= 0.6 is 0 Å². The Bertz CT molecular complexity index is 533. The summed E-state index contributed by atoms with van der Waals surface area (Å²) in [6, 6.07) is 5.71. The minimum absolute atomic E-state index is 0.0406. The molecule has 6 heteroatoms. The molecule has 1 fully saturated rings. The van der Waals surface area contributed by atoms with E-state index >= 15 is 0 Å². The van der Waals surface area contributed by atoms with E-state index < -0.39 is 17.9 Å². The van der Waals surface area contributed by atoms with E-state index in [2.05, 4.69) is 5.32 Å². The number of halogens is 1. The lowest BCUT2D eigenvalue weighted by molar-refractivity contribution is -0.145. The predicted octanol–water partition coefficient (Wildman–Crippen LogP) is 1.06. The summed E-state index contributed by atoms with van der Waals surface area (Å²) in [6.07, 6.45) is 2.18. The Morgan fingerprint density at radius 2 is 2.00 bits per heavy atom. The molecule has 0 radical (unpaired) electrons. The minimum atomic E-state index is -0.695. The topological polar surface area (TPSA) is 69.6 Å². The van der Waals surface area contributed by atoms with Gasteiger partial charge in [0.25, 0.3) is 0 Å². The smallest absolute Gasteiger partial charge is 0.311 e. The lowest BCUT2D eigenvalue weighted by atomic mass is 10.1. The van der Waals surface area contributed by atoms with Crippen LogP contribution in [0.25, 0.3) is 0 Å². The van der Waals surface area contributed by atoms with Gasteiger partial charge in [0.05, 0.1) is 6.10 Å². The second kappa shape index (κ2) is 7.35. The number of carbonyl (C=O) groups is 2. The lowest BCUT2D eigenvalue weighted by Crippen LogP contribution is -2.43. The van der Waals surface area contributed by atoms with Gasteiger partial charge in [0.1, 0.15) is 5.82 Å². The van der Waals surface area contributed by atoms with Crippen LogP contribution in [-0.4, -0.2) is 41.5 Å². The summed E-state index contributed by atoms with van der Waals surface area (Å²) < 4.78 is 12.8. The van der Waals surface area contributed by atoms with E-state index in [0.29, 0.717) is 6.54 Å². The quantitative estimate of drug-likeness (QED) is 0.817. The van der Waals surface area contributed by atoms with Gasteiger partial charge < -0.3 is 15.3 Å². The highest BCUT2D eigenvalue weighted by Crippen LogP contribution is 2.25. The third kappa shape index (κ3) is 4.27. The van der Waals surface area contributed by atoms with Gasteiger partial charge in [0.2, 0.25) is 0 Å². The van der Waals surface area contributed by atoms with Gasteiger partial charge in [-0.15, -0.1) is 0 Å². The predicted molar refractivity (Wildman–Crippen MR) is 79.2 cm³/mol. The van der Waals surface area contributed by atoms with Gasteiger partial charge in [-0.2, -0.15) is 0 Å². The Labute approximate surface area is 129 Å². The average Bonchev–Trinajstić information content (AvgIpc) is 2.90. The second-order valence-corrected chi connectivity index (χ2v) is 5.75. The molecule has 5 nitrogen and oxygen atoms in total. The number of carbonyl (C=O) groups excluding carboxylic acids is 2. The second-order valence-electron chi connectivity index (χ2n) is 5.75. The summed E-state index contributed by atoms with van der Waals surface area (Å²) in [5.74, 6) is -1.62. The summed E-state index contributed by atoms with van der Waals surface area (Å²) >= 11 is 0. The highest BCUT2D eigenvalue weighted by molar-refractivity contribution is 6.34. The molecule has 1 aromatic rings. The molecule has 22 heavy (non-hydrogen) atoms. The Morgan fingerprint density at radius 1 is 1.32 bits per heavy atom. The first-order valence-corrected chi connectivity index (χ1v) is 7.43. The highest BCUT2D eigenvalue weighted by Gasteiger charge is 2.29. The van der Waals surface area contributed by atoms with Crippen LogP contribution < -0.4 is 5.32 Å². The number of hydrogen-bond acceptors (Lipinski definition) is 3. The van der Waals surface area contributed by atoms with Crippen molar-refractivity contribution in [2.45, 2.75) is 31.9 Å². The standard InChI is InChI=1S/C16H21FN2O3/c1-19(10-12-3-2-4-14(12)20)16(22)15(21)18-9-11-5-7-13(17)8-6-11/h5-8,12,14,20H,2-4,9-10H2,1H3,(H,18,21). The third-order valence-electron chi connectivity index (χ3n) is 4.03. The van der Waals surface area contributed by atoms with Crippen molar-refractivity contribution in [2.24, 2.45) is 5.92 Å². The molecule has 0 spiro atoms. The number of nitrogens with zero attached hydrogens (tertiary/aromatic N) is 1. The van der Waals surface area contributed by atoms with Crippen molar-refractivity contribution in [1.82, 2.24) is 10.2 Å². The zero-order chi connectivity index (χ0) is 16.1. The van der Waals surface area contributed by atoms with Crippen molar-refractivity contribution in [1.29, 1.82) is 0 Å². The third-order valence-corrected chi connectivity index (χ3v) is 4.03. The van der Waals surface area contributed by atoms with Gasteiger partial charge in [-0.25, -0.2) is 4.39 Å². The first-order chi connectivity index (χ1) is 10.5. The van der Waals surface area contributed by atoms with E-state index in [4.69, 9.17) is 0 Å². The van der Waals surface area contributed by atoms with Crippen molar-refractivity contribution in [2.75, 3.05) is 13.6 Å². The zero-order valence-corrected chi connectivity index (χ0v) is 12.6. The maximum Gasteiger partial charge on any atom is 0.311 e. The van der Waals surface area contributed by atoms with Gasteiger partial charge in [0, 0.05) is 26.1 Å². The fraction of sp³-hybridized carbons (Fsp3) is 0.500. The van der Waals surface area contributed by atoms with Crippen LogP contribution in [0.5, 0.6) is 0 Å². The zero-order valence-electron chi connectivity index (χ0n) is 12.6. The van der Waals surface area contributed by atoms with Crippen LogP contribution in [0, 0.1) is 11.7 Å². The molecule has 0 saturated heterocycles. The van der Waals surface area contributed by atoms with Gasteiger partial charge in [-0.05, 0) is 30.5 Å². The van der Waals surface area contributed by atoms with Crippen LogP contribution in [0.1, 0.15) is 24.8 Å². The number of benzene rings is 1. The van der Waals surface area contributed by atoms with Gasteiger partial charge in [-0.3, -0.25) is 9.59 Å². The molecule has 0 bridgehead atoms. The normalized spacial score (nSPS) is 20.7. The number of amides is 2. The molecule has 1 aromatic carbocycles. The number of nitrogens with one attached hydrogen (secondary N) is 1. The van der Waals surface area contributed by atoms with Crippen LogP contribution in [-0.2, 0) is 16.1 Å². The van der Waals surface area contributed by atoms with Crippen molar-refractivity contribution in [3.05, 3.63) is 35.6 Å². The molecule has 2 unspecified atom stereocenters. The molecule has 2 N–H and O–H groups in total. The van der Waals surface area contributed by atoms with Crippen LogP contribution in [0.3, 0.4) is 0 Å². The van der Waals surface area contributed by atoms with Crippen molar-refractivity contribution in [3.8, 4) is 0 Å². The summed E-state index contributed by atoms with van der Waals surface area (Å²) in [7, 11) is 1.56. The number of aliphatic hydroxyl groups excluding tert-OH is 1. The average molecular weight is 308 g/mol. The fourth-order valence-electron chi connectivity index (χ4n) is 2.70. The van der Waals surface area contributed by atoms with Crippen molar-refractivity contribution in [3.63, 3.8) is 0 Å². The molecule has 1 aliphatic rings. The summed E-state index contributed by atoms with van der Waals surface area (Å²) in [6.45, 7) is 0.550. The van der Waals surface area contributed by atoms with Crippen molar-refractivity contribution >= 4 is 11.8 Å². The summed E-state index contributed by atoms with van der Waals surface area (Å²) in [4.78, 5) is 25.2. The van der Waals surface area contributed by atoms with E-state index in [1.165, 1.54) is 17.0 Å². The summed E-state index contributed by atoms with van der Waals surface area (Å²) in [5.41, 5.74) is 0.719. The van der Waals surface area contributed by atoms with E-state index in [0.717, 1.165) is 24.8 Å². The lowest BCUT2D eigenvalue weighted by Gasteiger charge is -2.22. The minimum Gasteiger partial charge on any atom is -0.393 e. The number of aliphatic hydroxyl groups is 1. The maximum absolute atomic E-state index is 12.8. The van der Waals surface area contributed by atoms with E-state index in [-0.39, 0.29) is 18.3 Å². The van der Waals surface area contributed by atoms with Gasteiger partial charge in [0.15, 0.2) is 0 Å². The molecular formula is C16H21FN2O3. The van der Waals surface area contributed by atoms with Crippen LogP contribution in [0.15, 0.2) is 24.3 Å². The molecule has 0 heterocycles.